The summed E-state index contributed by atoms with van der Waals surface area (Å²) in [5.74, 6) is -0.251. The smallest absolute Gasteiger partial charge is 0.256 e. The molecule has 98 valence electrons. The van der Waals surface area contributed by atoms with Gasteiger partial charge in [0.05, 0.1) is 16.9 Å². The van der Waals surface area contributed by atoms with Gasteiger partial charge >= 0.3 is 0 Å². The molecule has 0 saturated heterocycles. The number of nitrogen functional groups attached to an aromatic ring is 1. The summed E-state index contributed by atoms with van der Waals surface area (Å²) in [6.45, 7) is 3.77. The number of halogens is 1. The quantitative estimate of drug-likeness (QED) is 0.827. The Bertz CT molecular complexity index is 641. The topological polar surface area (TPSA) is 68.0 Å². The number of rotatable bonds is 2. The van der Waals surface area contributed by atoms with E-state index in [1.165, 1.54) is 6.20 Å². The second kappa shape index (κ2) is 5.28. The lowest BCUT2D eigenvalue weighted by atomic mass is 10.0. The highest BCUT2D eigenvalue weighted by Crippen LogP contribution is 2.22. The molecule has 5 heteroatoms. The molecule has 1 aromatic carbocycles. The van der Waals surface area contributed by atoms with Crippen molar-refractivity contribution in [1.82, 2.24) is 4.98 Å². The summed E-state index contributed by atoms with van der Waals surface area (Å²) >= 11 is 5.97. The number of nitrogens with zero attached hydrogens (tertiary/aromatic N) is 1. The maximum absolute atomic E-state index is 12.2. The SMILES string of the molecule is Cc1cc(C)c(C(=O)Nc2cnccc2Cl)cc1N. The lowest BCUT2D eigenvalue weighted by Gasteiger charge is -2.11. The monoisotopic (exact) mass is 275 g/mol. The summed E-state index contributed by atoms with van der Waals surface area (Å²) < 4.78 is 0. The number of anilines is 2. The van der Waals surface area contributed by atoms with Crippen LogP contribution in [0.3, 0.4) is 0 Å². The van der Waals surface area contributed by atoms with Gasteiger partial charge in [0.2, 0.25) is 0 Å². The minimum atomic E-state index is -0.251. The number of pyridine rings is 1. The fraction of sp³-hybridized carbons (Fsp3) is 0.143. The van der Waals surface area contributed by atoms with Crippen molar-refractivity contribution < 1.29 is 4.79 Å². The molecule has 0 spiro atoms. The highest BCUT2D eigenvalue weighted by Gasteiger charge is 2.12. The minimum Gasteiger partial charge on any atom is -0.398 e. The number of aromatic nitrogens is 1. The van der Waals surface area contributed by atoms with E-state index in [-0.39, 0.29) is 5.91 Å². The molecule has 0 saturated carbocycles. The Morgan fingerprint density at radius 3 is 2.74 bits per heavy atom. The van der Waals surface area contributed by atoms with Gasteiger partial charge in [-0.1, -0.05) is 17.7 Å². The molecule has 0 unspecified atom stereocenters. The van der Waals surface area contributed by atoms with Gasteiger partial charge in [0.15, 0.2) is 0 Å². The predicted molar refractivity (Wildman–Crippen MR) is 77.5 cm³/mol. The normalized spacial score (nSPS) is 10.3. The van der Waals surface area contributed by atoms with Gasteiger partial charge in [0.25, 0.3) is 5.91 Å². The molecule has 0 atom stereocenters. The summed E-state index contributed by atoms with van der Waals surface area (Å²) in [7, 11) is 0. The first-order valence-corrected chi connectivity index (χ1v) is 6.14. The van der Waals surface area contributed by atoms with Crippen molar-refractivity contribution in [2.45, 2.75) is 13.8 Å². The number of carbonyl (C=O) groups excluding carboxylic acids is 1. The van der Waals surface area contributed by atoms with Gasteiger partial charge in [-0.3, -0.25) is 9.78 Å². The van der Waals surface area contributed by atoms with Crippen LogP contribution in [-0.4, -0.2) is 10.9 Å². The van der Waals surface area contributed by atoms with Crippen LogP contribution in [0.1, 0.15) is 21.5 Å². The first-order valence-electron chi connectivity index (χ1n) is 5.76. The van der Waals surface area contributed by atoms with Crippen molar-refractivity contribution in [3.8, 4) is 0 Å². The van der Waals surface area contributed by atoms with Crippen LogP contribution in [0.15, 0.2) is 30.6 Å². The van der Waals surface area contributed by atoms with Gasteiger partial charge in [0.1, 0.15) is 0 Å². The molecule has 0 radical (unpaired) electrons. The molecule has 1 aromatic heterocycles. The van der Waals surface area contributed by atoms with E-state index in [1.54, 1.807) is 18.3 Å². The molecule has 0 bridgehead atoms. The number of hydrogen-bond acceptors (Lipinski definition) is 3. The molecule has 0 fully saturated rings. The fourth-order valence-corrected chi connectivity index (χ4v) is 1.93. The largest absolute Gasteiger partial charge is 0.398 e. The minimum absolute atomic E-state index is 0.251. The van der Waals surface area contributed by atoms with Crippen molar-refractivity contribution in [1.29, 1.82) is 0 Å². The van der Waals surface area contributed by atoms with Crippen LogP contribution in [0.2, 0.25) is 5.02 Å². The van der Waals surface area contributed by atoms with E-state index in [9.17, 15) is 4.79 Å². The molecule has 4 nitrogen and oxygen atoms in total. The van der Waals surface area contributed by atoms with Crippen molar-refractivity contribution in [3.63, 3.8) is 0 Å². The maximum atomic E-state index is 12.2. The molecular formula is C14H14ClN3O. The lowest BCUT2D eigenvalue weighted by Crippen LogP contribution is -2.14. The average molecular weight is 276 g/mol. The number of carbonyl (C=O) groups is 1. The van der Waals surface area contributed by atoms with E-state index in [0.29, 0.717) is 22.0 Å². The fourth-order valence-electron chi connectivity index (χ4n) is 1.77. The molecule has 0 aliphatic heterocycles. The number of nitrogens with two attached hydrogens (primary N) is 1. The standard InChI is InChI=1S/C14H14ClN3O/c1-8-5-9(2)12(16)6-10(8)14(19)18-13-7-17-4-3-11(13)15/h3-7H,16H2,1-2H3,(H,18,19). The number of nitrogens with one attached hydrogen (secondary N) is 1. The zero-order chi connectivity index (χ0) is 14.0. The predicted octanol–water partition coefficient (Wildman–Crippen LogP) is 3.19. The molecule has 2 aromatic rings. The highest BCUT2D eigenvalue weighted by atomic mass is 35.5. The van der Waals surface area contributed by atoms with E-state index < -0.39 is 0 Å². The van der Waals surface area contributed by atoms with Gasteiger partial charge in [-0.25, -0.2) is 0 Å². The van der Waals surface area contributed by atoms with Gasteiger partial charge in [-0.2, -0.15) is 0 Å². The second-order valence-corrected chi connectivity index (χ2v) is 4.74. The Labute approximate surface area is 116 Å². The van der Waals surface area contributed by atoms with Crippen molar-refractivity contribution in [2.75, 3.05) is 11.1 Å². The molecule has 0 aliphatic carbocycles. The van der Waals surface area contributed by atoms with Crippen LogP contribution >= 0.6 is 11.6 Å². The summed E-state index contributed by atoms with van der Waals surface area (Å²) in [6, 6.07) is 5.17. The van der Waals surface area contributed by atoms with Gasteiger partial charge in [0, 0.05) is 17.4 Å². The van der Waals surface area contributed by atoms with E-state index in [1.807, 2.05) is 19.9 Å². The third-order valence-corrected chi connectivity index (χ3v) is 3.20. The molecule has 19 heavy (non-hydrogen) atoms. The summed E-state index contributed by atoms with van der Waals surface area (Å²) in [5.41, 5.74) is 9.25. The third-order valence-electron chi connectivity index (χ3n) is 2.87. The van der Waals surface area contributed by atoms with Crippen molar-refractivity contribution in [3.05, 3.63) is 52.3 Å². The van der Waals surface area contributed by atoms with Gasteiger partial charge < -0.3 is 11.1 Å². The van der Waals surface area contributed by atoms with Crippen LogP contribution in [0.5, 0.6) is 0 Å². The number of benzene rings is 1. The summed E-state index contributed by atoms with van der Waals surface area (Å²) in [4.78, 5) is 16.1. The Hall–Kier alpha value is -2.07. The van der Waals surface area contributed by atoms with Crippen LogP contribution in [0.4, 0.5) is 11.4 Å². The first kappa shape index (κ1) is 13.4. The zero-order valence-corrected chi connectivity index (χ0v) is 11.5. The third kappa shape index (κ3) is 2.85. The molecule has 1 heterocycles. The molecule has 2 rings (SSSR count). The van der Waals surface area contributed by atoms with E-state index >= 15 is 0 Å². The van der Waals surface area contributed by atoms with E-state index in [4.69, 9.17) is 17.3 Å². The molecular weight excluding hydrogens is 262 g/mol. The maximum Gasteiger partial charge on any atom is 0.256 e. The van der Waals surface area contributed by atoms with Crippen LogP contribution in [-0.2, 0) is 0 Å². The van der Waals surface area contributed by atoms with E-state index in [0.717, 1.165) is 11.1 Å². The summed E-state index contributed by atoms with van der Waals surface area (Å²) in [6.07, 6.45) is 3.07. The number of amides is 1. The zero-order valence-electron chi connectivity index (χ0n) is 10.7. The van der Waals surface area contributed by atoms with Crippen LogP contribution in [0, 0.1) is 13.8 Å². The van der Waals surface area contributed by atoms with Crippen molar-refractivity contribution >= 4 is 28.9 Å². The number of hydrogen-bond donors (Lipinski definition) is 2. The second-order valence-electron chi connectivity index (χ2n) is 4.33. The Kier molecular flexibility index (Phi) is 3.71. The highest BCUT2D eigenvalue weighted by molar-refractivity contribution is 6.33. The van der Waals surface area contributed by atoms with Gasteiger partial charge in [-0.05, 0) is 37.1 Å². The summed E-state index contributed by atoms with van der Waals surface area (Å²) in [5, 5.41) is 3.17. The first-order chi connectivity index (χ1) is 8.99. The average Bonchev–Trinajstić information content (AvgIpc) is 2.36. The number of aryl methyl sites for hydroxylation is 2. The Balaban J connectivity index is 2.31. The Morgan fingerprint density at radius 1 is 1.32 bits per heavy atom. The van der Waals surface area contributed by atoms with Crippen LogP contribution in [0.25, 0.3) is 0 Å². The van der Waals surface area contributed by atoms with Crippen LogP contribution < -0.4 is 11.1 Å². The molecule has 3 N–H and O–H groups in total. The molecule has 0 aliphatic rings. The Morgan fingerprint density at radius 2 is 2.05 bits per heavy atom. The van der Waals surface area contributed by atoms with E-state index in [2.05, 4.69) is 10.3 Å². The molecule has 1 amide bonds. The lowest BCUT2D eigenvalue weighted by molar-refractivity contribution is 0.102. The van der Waals surface area contributed by atoms with Crippen molar-refractivity contribution in [2.24, 2.45) is 0 Å². The van der Waals surface area contributed by atoms with Gasteiger partial charge in [-0.15, -0.1) is 0 Å².